The largest absolute Gasteiger partial charge is 0.329 e. The molecule has 1 N–H and O–H groups in total. The van der Waals surface area contributed by atoms with Gasteiger partial charge in [-0.3, -0.25) is 0 Å². The van der Waals surface area contributed by atoms with Crippen LogP contribution in [-0.4, -0.2) is 14.5 Å². The smallest absolute Gasteiger partial charge is 0.179 e. The standard InChI is InChI=1S/C14H18BrN3S/c1-9-3-2-4-10(5-9)8-18-13-12(17-14(18)19)6-11(15)7-16-13/h6-7,9-10H,2-5,8H2,1H3,(H,17,19). The lowest BCUT2D eigenvalue weighted by molar-refractivity contribution is 0.258. The number of H-pyrrole nitrogens is 1. The molecule has 0 radical (unpaired) electrons. The fraction of sp³-hybridized carbons (Fsp3) is 0.571. The van der Waals surface area contributed by atoms with Gasteiger partial charge in [0.25, 0.3) is 0 Å². The van der Waals surface area contributed by atoms with Gasteiger partial charge in [0, 0.05) is 17.2 Å². The van der Waals surface area contributed by atoms with Gasteiger partial charge in [0.05, 0.1) is 5.52 Å². The molecular weight excluding hydrogens is 322 g/mol. The summed E-state index contributed by atoms with van der Waals surface area (Å²) >= 11 is 8.89. The van der Waals surface area contributed by atoms with Crippen LogP contribution >= 0.6 is 28.1 Å². The Hall–Kier alpha value is -0.680. The molecule has 102 valence electrons. The van der Waals surface area contributed by atoms with Crippen molar-refractivity contribution in [3.05, 3.63) is 21.5 Å². The van der Waals surface area contributed by atoms with E-state index in [2.05, 4.69) is 37.4 Å². The van der Waals surface area contributed by atoms with Crippen LogP contribution in [0.15, 0.2) is 16.7 Å². The fourth-order valence-corrected chi connectivity index (χ4v) is 3.77. The number of nitrogens with one attached hydrogen (secondary N) is 1. The molecular formula is C14H18BrN3S. The molecule has 2 heterocycles. The van der Waals surface area contributed by atoms with E-state index in [0.29, 0.717) is 0 Å². The highest BCUT2D eigenvalue weighted by atomic mass is 79.9. The second-order valence-corrected chi connectivity index (χ2v) is 7.01. The van der Waals surface area contributed by atoms with Crippen LogP contribution in [0.4, 0.5) is 0 Å². The first-order valence-electron chi connectivity index (χ1n) is 6.87. The van der Waals surface area contributed by atoms with Crippen LogP contribution in [0, 0.1) is 16.6 Å². The Kier molecular flexibility index (Phi) is 3.76. The summed E-state index contributed by atoms with van der Waals surface area (Å²) in [5.41, 5.74) is 2.00. The van der Waals surface area contributed by atoms with Gasteiger partial charge < -0.3 is 9.55 Å². The van der Waals surface area contributed by atoms with Crippen molar-refractivity contribution in [2.75, 3.05) is 0 Å². The second-order valence-electron chi connectivity index (χ2n) is 5.70. The molecule has 19 heavy (non-hydrogen) atoms. The van der Waals surface area contributed by atoms with E-state index in [4.69, 9.17) is 12.2 Å². The number of imidazole rings is 1. The van der Waals surface area contributed by atoms with Gasteiger partial charge in [-0.05, 0) is 58.9 Å². The molecule has 5 heteroatoms. The predicted octanol–water partition coefficient (Wildman–Crippen LogP) is 4.68. The predicted molar refractivity (Wildman–Crippen MR) is 83.7 cm³/mol. The lowest BCUT2D eigenvalue weighted by Gasteiger charge is -2.26. The monoisotopic (exact) mass is 339 g/mol. The summed E-state index contributed by atoms with van der Waals surface area (Å²) in [7, 11) is 0. The first kappa shape index (κ1) is 13.3. The van der Waals surface area contributed by atoms with Crippen molar-refractivity contribution in [1.29, 1.82) is 0 Å². The molecule has 1 saturated carbocycles. The van der Waals surface area contributed by atoms with Gasteiger partial charge in [-0.25, -0.2) is 4.98 Å². The minimum atomic E-state index is 0.736. The van der Waals surface area contributed by atoms with Gasteiger partial charge in [-0.2, -0.15) is 0 Å². The van der Waals surface area contributed by atoms with E-state index in [1.54, 1.807) is 0 Å². The Morgan fingerprint density at radius 3 is 3.16 bits per heavy atom. The molecule has 0 bridgehead atoms. The third-order valence-electron chi connectivity index (χ3n) is 4.06. The quantitative estimate of drug-likeness (QED) is 0.805. The van der Waals surface area contributed by atoms with Crippen molar-refractivity contribution in [1.82, 2.24) is 14.5 Å². The van der Waals surface area contributed by atoms with Crippen molar-refractivity contribution in [2.24, 2.45) is 11.8 Å². The molecule has 2 aromatic heterocycles. The number of hydrogen-bond donors (Lipinski definition) is 1. The summed E-state index contributed by atoms with van der Waals surface area (Å²) in [5.74, 6) is 1.58. The van der Waals surface area contributed by atoms with Gasteiger partial charge in [0.2, 0.25) is 0 Å². The number of rotatable bonds is 2. The Balaban J connectivity index is 1.92. The number of fused-ring (bicyclic) bond motifs is 1. The van der Waals surface area contributed by atoms with Crippen LogP contribution in [0.5, 0.6) is 0 Å². The third-order valence-corrected chi connectivity index (χ3v) is 4.82. The normalized spacial score (nSPS) is 23.9. The minimum absolute atomic E-state index is 0.736. The molecule has 0 aromatic carbocycles. The first-order valence-corrected chi connectivity index (χ1v) is 8.07. The Bertz CT molecular complexity index is 646. The summed E-state index contributed by atoms with van der Waals surface area (Å²) in [6.45, 7) is 3.35. The van der Waals surface area contributed by atoms with Crippen molar-refractivity contribution in [2.45, 2.75) is 39.2 Å². The van der Waals surface area contributed by atoms with Gasteiger partial charge in [0.1, 0.15) is 0 Å². The molecule has 0 saturated heterocycles. The Morgan fingerprint density at radius 2 is 2.37 bits per heavy atom. The van der Waals surface area contributed by atoms with Gasteiger partial charge >= 0.3 is 0 Å². The maximum Gasteiger partial charge on any atom is 0.179 e. The molecule has 0 amide bonds. The molecule has 3 rings (SSSR count). The Labute approximate surface area is 126 Å². The molecule has 2 unspecified atom stereocenters. The van der Waals surface area contributed by atoms with Gasteiger partial charge in [0.15, 0.2) is 10.4 Å². The Morgan fingerprint density at radius 1 is 1.53 bits per heavy atom. The van der Waals surface area contributed by atoms with Crippen LogP contribution in [-0.2, 0) is 6.54 Å². The maximum absolute atomic E-state index is 5.45. The summed E-state index contributed by atoms with van der Waals surface area (Å²) in [5, 5.41) is 0. The minimum Gasteiger partial charge on any atom is -0.329 e. The van der Waals surface area contributed by atoms with Crippen molar-refractivity contribution >= 4 is 39.3 Å². The third kappa shape index (κ3) is 2.77. The van der Waals surface area contributed by atoms with E-state index < -0.39 is 0 Å². The van der Waals surface area contributed by atoms with Crippen molar-refractivity contribution in [3.63, 3.8) is 0 Å². The molecule has 0 aliphatic heterocycles. The molecule has 1 aliphatic carbocycles. The van der Waals surface area contributed by atoms with E-state index in [-0.39, 0.29) is 0 Å². The molecule has 3 nitrogen and oxygen atoms in total. The number of pyridine rings is 1. The van der Waals surface area contributed by atoms with Crippen molar-refractivity contribution < 1.29 is 0 Å². The molecule has 1 aliphatic rings. The summed E-state index contributed by atoms with van der Waals surface area (Å²) in [6, 6.07) is 2.04. The van der Waals surface area contributed by atoms with Crippen molar-refractivity contribution in [3.8, 4) is 0 Å². The molecule has 2 aromatic rings. The van der Waals surface area contributed by atoms with Gasteiger partial charge in [-0.1, -0.05) is 19.8 Å². The van der Waals surface area contributed by atoms with Crippen LogP contribution in [0.25, 0.3) is 11.2 Å². The number of hydrogen-bond acceptors (Lipinski definition) is 2. The number of aromatic nitrogens is 3. The van der Waals surface area contributed by atoms with E-state index >= 15 is 0 Å². The van der Waals surface area contributed by atoms with Crippen LogP contribution in [0.3, 0.4) is 0 Å². The van der Waals surface area contributed by atoms with E-state index in [1.807, 2.05) is 12.3 Å². The zero-order valence-electron chi connectivity index (χ0n) is 11.0. The zero-order chi connectivity index (χ0) is 13.4. The molecule has 0 spiro atoms. The SMILES string of the molecule is CC1CCCC(Cn2c(=S)[nH]c3cc(Br)cnc32)C1. The van der Waals surface area contributed by atoms with Crippen LogP contribution in [0.1, 0.15) is 32.6 Å². The highest BCUT2D eigenvalue weighted by Crippen LogP contribution is 2.30. The lowest BCUT2D eigenvalue weighted by Crippen LogP contribution is -2.18. The van der Waals surface area contributed by atoms with Crippen LogP contribution in [0.2, 0.25) is 0 Å². The number of halogens is 1. The highest BCUT2D eigenvalue weighted by Gasteiger charge is 2.20. The average molecular weight is 340 g/mol. The van der Waals surface area contributed by atoms with E-state index in [1.165, 1.54) is 25.7 Å². The maximum atomic E-state index is 5.45. The molecule has 2 atom stereocenters. The number of aromatic amines is 1. The average Bonchev–Trinajstić information content (AvgIpc) is 2.65. The van der Waals surface area contributed by atoms with E-state index in [0.717, 1.165) is 38.8 Å². The van der Waals surface area contributed by atoms with Gasteiger partial charge in [-0.15, -0.1) is 0 Å². The topological polar surface area (TPSA) is 33.6 Å². The second kappa shape index (κ2) is 5.37. The summed E-state index contributed by atoms with van der Waals surface area (Å²) in [6.07, 6.45) is 7.19. The van der Waals surface area contributed by atoms with E-state index in [9.17, 15) is 0 Å². The van der Waals surface area contributed by atoms with Crippen LogP contribution < -0.4 is 0 Å². The summed E-state index contributed by atoms with van der Waals surface area (Å²) in [4.78, 5) is 7.76. The first-order chi connectivity index (χ1) is 9.13. The zero-order valence-corrected chi connectivity index (χ0v) is 13.4. The fourth-order valence-electron chi connectivity index (χ4n) is 3.17. The highest BCUT2D eigenvalue weighted by molar-refractivity contribution is 9.10. The number of nitrogens with zero attached hydrogens (tertiary/aromatic N) is 2. The lowest BCUT2D eigenvalue weighted by atomic mass is 9.82. The molecule has 1 fully saturated rings. The summed E-state index contributed by atoms with van der Waals surface area (Å²) < 4.78 is 3.94.